The summed E-state index contributed by atoms with van der Waals surface area (Å²) in [5.41, 5.74) is 3.76. The zero-order valence-corrected chi connectivity index (χ0v) is 15.1. The molecular formula is C19H23NO2S. The molecule has 0 radical (unpaired) electrons. The van der Waals surface area contributed by atoms with Gasteiger partial charge in [-0.05, 0) is 37.3 Å². The standard InChI is InChI=1S/C19H23NO2S/c1-11(2)12(3)10-23-14(5)16-9-17(21)15-7-8-18(22-6)13(4)19(15)20-16/h7-11H,5H2,1-4,6H3,(H,20,21)/b12-10+. The molecule has 2 rings (SSSR count). The molecule has 0 spiro atoms. The quantitative estimate of drug-likeness (QED) is 0.829. The molecule has 1 heterocycles. The lowest BCUT2D eigenvalue weighted by atomic mass is 10.1. The van der Waals surface area contributed by atoms with E-state index in [1.165, 1.54) is 5.57 Å². The van der Waals surface area contributed by atoms with Crippen LogP contribution in [0.4, 0.5) is 0 Å². The lowest BCUT2D eigenvalue weighted by molar-refractivity contribution is 0.412. The summed E-state index contributed by atoms with van der Waals surface area (Å²) < 4.78 is 5.34. The highest BCUT2D eigenvalue weighted by molar-refractivity contribution is 8.10. The lowest BCUT2D eigenvalue weighted by Crippen LogP contribution is -2.05. The summed E-state index contributed by atoms with van der Waals surface area (Å²) in [6.07, 6.45) is 0. The average molecular weight is 329 g/mol. The molecule has 0 saturated heterocycles. The van der Waals surface area contributed by atoms with Crippen molar-refractivity contribution in [3.8, 4) is 5.75 Å². The number of hydrogen-bond donors (Lipinski definition) is 1. The van der Waals surface area contributed by atoms with Gasteiger partial charge in [-0.15, -0.1) is 0 Å². The number of pyridine rings is 1. The first-order valence-corrected chi connectivity index (χ1v) is 8.46. The highest BCUT2D eigenvalue weighted by Gasteiger charge is 2.10. The van der Waals surface area contributed by atoms with E-state index in [2.05, 4.69) is 37.7 Å². The number of thioether (sulfide) groups is 1. The van der Waals surface area contributed by atoms with E-state index in [-0.39, 0.29) is 5.43 Å². The molecule has 1 N–H and O–H groups in total. The van der Waals surface area contributed by atoms with Gasteiger partial charge >= 0.3 is 0 Å². The number of ether oxygens (including phenoxy) is 1. The van der Waals surface area contributed by atoms with E-state index >= 15 is 0 Å². The van der Waals surface area contributed by atoms with E-state index < -0.39 is 0 Å². The number of H-pyrrole nitrogens is 1. The van der Waals surface area contributed by atoms with Crippen molar-refractivity contribution in [2.75, 3.05) is 7.11 Å². The van der Waals surface area contributed by atoms with E-state index in [0.717, 1.165) is 27.4 Å². The highest BCUT2D eigenvalue weighted by Crippen LogP contribution is 2.30. The molecule has 1 aromatic heterocycles. The molecule has 0 fully saturated rings. The van der Waals surface area contributed by atoms with Gasteiger partial charge < -0.3 is 9.72 Å². The second-order valence-corrected chi connectivity index (χ2v) is 6.88. The minimum absolute atomic E-state index is 0.00851. The molecule has 0 unspecified atom stereocenters. The first kappa shape index (κ1) is 17.4. The Hall–Kier alpha value is -1.94. The smallest absolute Gasteiger partial charge is 0.190 e. The van der Waals surface area contributed by atoms with Crippen LogP contribution in [0.3, 0.4) is 0 Å². The van der Waals surface area contributed by atoms with Crippen LogP contribution in [-0.2, 0) is 0 Å². The molecule has 4 heteroatoms. The first-order valence-electron chi connectivity index (χ1n) is 7.58. The minimum atomic E-state index is -0.00851. The summed E-state index contributed by atoms with van der Waals surface area (Å²) in [4.78, 5) is 16.5. The number of rotatable bonds is 5. The summed E-state index contributed by atoms with van der Waals surface area (Å²) in [5, 5.41) is 2.76. The summed E-state index contributed by atoms with van der Waals surface area (Å²) in [6, 6.07) is 5.23. The van der Waals surface area contributed by atoms with Gasteiger partial charge in [0.1, 0.15) is 5.75 Å². The second-order valence-electron chi connectivity index (χ2n) is 5.92. The molecule has 1 aromatic carbocycles. The third-order valence-electron chi connectivity index (χ3n) is 4.03. The van der Waals surface area contributed by atoms with Crippen molar-refractivity contribution in [2.24, 2.45) is 5.92 Å². The number of aryl methyl sites for hydroxylation is 1. The van der Waals surface area contributed by atoms with Gasteiger partial charge in [0, 0.05) is 21.9 Å². The van der Waals surface area contributed by atoms with Crippen molar-refractivity contribution in [2.45, 2.75) is 27.7 Å². The highest BCUT2D eigenvalue weighted by atomic mass is 32.2. The third-order valence-corrected chi connectivity index (χ3v) is 5.03. The normalized spacial score (nSPS) is 12.0. The van der Waals surface area contributed by atoms with Crippen LogP contribution in [-0.4, -0.2) is 12.1 Å². The molecule has 0 aliphatic heterocycles. The SMILES string of the molecule is C=C(S/C=C(\C)C(C)C)c1cc(=O)c2ccc(OC)c(C)c2[nH]1. The molecular weight excluding hydrogens is 306 g/mol. The maximum atomic E-state index is 12.4. The predicted octanol–water partition coefficient (Wildman–Crippen LogP) is 5.11. The van der Waals surface area contributed by atoms with Gasteiger partial charge in [0.2, 0.25) is 0 Å². The maximum Gasteiger partial charge on any atom is 0.190 e. The Labute approximate surface area is 141 Å². The zero-order chi connectivity index (χ0) is 17.1. The second kappa shape index (κ2) is 7.09. The fourth-order valence-corrected chi connectivity index (χ4v) is 3.01. The molecule has 0 amide bonds. The Balaban J connectivity index is 2.46. The van der Waals surface area contributed by atoms with Gasteiger partial charge in [-0.1, -0.05) is 37.8 Å². The zero-order valence-electron chi connectivity index (χ0n) is 14.3. The minimum Gasteiger partial charge on any atom is -0.496 e. The van der Waals surface area contributed by atoms with Crippen LogP contribution in [0.25, 0.3) is 15.8 Å². The summed E-state index contributed by atoms with van der Waals surface area (Å²) >= 11 is 1.54. The van der Waals surface area contributed by atoms with Crippen LogP contribution in [0.15, 0.2) is 40.6 Å². The number of benzene rings is 1. The van der Waals surface area contributed by atoms with Crippen molar-refractivity contribution in [3.05, 3.63) is 57.2 Å². The number of allylic oxidation sites excluding steroid dienone is 1. The van der Waals surface area contributed by atoms with Gasteiger partial charge in [0.05, 0.1) is 18.3 Å². The number of aromatic nitrogens is 1. The third kappa shape index (κ3) is 3.70. The van der Waals surface area contributed by atoms with Crippen molar-refractivity contribution in [3.63, 3.8) is 0 Å². The molecule has 0 atom stereocenters. The molecule has 2 aromatic rings. The summed E-state index contributed by atoms with van der Waals surface area (Å²) in [5.74, 6) is 1.26. The Morgan fingerprint density at radius 3 is 2.70 bits per heavy atom. The van der Waals surface area contributed by atoms with Gasteiger partial charge in [-0.2, -0.15) is 0 Å². The van der Waals surface area contributed by atoms with Gasteiger partial charge in [0.15, 0.2) is 5.43 Å². The number of methoxy groups -OCH3 is 1. The number of hydrogen-bond acceptors (Lipinski definition) is 3. The van der Waals surface area contributed by atoms with Crippen LogP contribution in [0.1, 0.15) is 32.0 Å². The Bertz CT molecular complexity index is 831. The summed E-state index contributed by atoms with van der Waals surface area (Å²) in [7, 11) is 1.63. The average Bonchev–Trinajstić information content (AvgIpc) is 2.52. The molecule has 0 bridgehead atoms. The van der Waals surface area contributed by atoms with Crippen molar-refractivity contribution < 1.29 is 4.74 Å². The van der Waals surface area contributed by atoms with Crippen molar-refractivity contribution in [1.29, 1.82) is 0 Å². The van der Waals surface area contributed by atoms with Crippen LogP contribution in [0.2, 0.25) is 0 Å². The molecule has 0 saturated carbocycles. The molecule has 0 aliphatic rings. The van der Waals surface area contributed by atoms with E-state index in [0.29, 0.717) is 11.3 Å². The van der Waals surface area contributed by atoms with Crippen LogP contribution >= 0.6 is 11.8 Å². The van der Waals surface area contributed by atoms with Gasteiger partial charge in [0.25, 0.3) is 0 Å². The Kier molecular flexibility index (Phi) is 5.37. The van der Waals surface area contributed by atoms with Crippen molar-refractivity contribution >= 4 is 27.6 Å². The fraction of sp³-hybridized carbons (Fsp3) is 0.316. The van der Waals surface area contributed by atoms with Crippen molar-refractivity contribution in [1.82, 2.24) is 4.98 Å². The molecule has 23 heavy (non-hydrogen) atoms. The monoisotopic (exact) mass is 329 g/mol. The Morgan fingerprint density at radius 2 is 2.09 bits per heavy atom. The number of nitrogens with one attached hydrogen (secondary N) is 1. The topological polar surface area (TPSA) is 42.1 Å². The predicted molar refractivity (Wildman–Crippen MR) is 101 cm³/mol. The Morgan fingerprint density at radius 1 is 1.39 bits per heavy atom. The van der Waals surface area contributed by atoms with Gasteiger partial charge in [-0.25, -0.2) is 0 Å². The van der Waals surface area contributed by atoms with E-state index in [4.69, 9.17) is 4.74 Å². The van der Waals surface area contributed by atoms with Crippen LogP contribution in [0.5, 0.6) is 5.75 Å². The summed E-state index contributed by atoms with van der Waals surface area (Å²) in [6.45, 7) is 12.4. The maximum absolute atomic E-state index is 12.4. The van der Waals surface area contributed by atoms with Gasteiger partial charge in [-0.3, -0.25) is 4.79 Å². The molecule has 3 nitrogen and oxygen atoms in total. The van der Waals surface area contributed by atoms with E-state index in [1.807, 2.05) is 13.0 Å². The van der Waals surface area contributed by atoms with Crippen LogP contribution in [0, 0.1) is 12.8 Å². The largest absolute Gasteiger partial charge is 0.496 e. The molecule has 122 valence electrons. The number of aromatic amines is 1. The lowest BCUT2D eigenvalue weighted by Gasteiger charge is -2.11. The first-order chi connectivity index (χ1) is 10.8. The van der Waals surface area contributed by atoms with E-state index in [1.54, 1.807) is 31.0 Å². The molecule has 0 aliphatic carbocycles. The van der Waals surface area contributed by atoms with E-state index in [9.17, 15) is 4.79 Å². The van der Waals surface area contributed by atoms with Crippen LogP contribution < -0.4 is 10.2 Å². The fourth-order valence-electron chi connectivity index (χ4n) is 2.17. The number of fused-ring (bicyclic) bond motifs is 1.